The van der Waals surface area contributed by atoms with E-state index >= 15 is 0 Å². The molecule has 1 heterocycles. The van der Waals surface area contributed by atoms with Crippen LogP contribution in [0.5, 0.6) is 0 Å². The minimum atomic E-state index is 0.707. The van der Waals surface area contributed by atoms with E-state index in [0.717, 1.165) is 19.8 Å². The van der Waals surface area contributed by atoms with Gasteiger partial charge in [0.25, 0.3) is 0 Å². The Morgan fingerprint density at radius 3 is 2.54 bits per heavy atom. The SMILES string of the molecule is Clc1ccc(Br)c2nccc(Br)c12. The summed E-state index contributed by atoms with van der Waals surface area (Å²) in [6.07, 6.45) is 1.74. The summed E-state index contributed by atoms with van der Waals surface area (Å²) in [5.41, 5.74) is 0.877. The van der Waals surface area contributed by atoms with Crippen LogP contribution in [0.15, 0.2) is 33.3 Å². The fourth-order valence-electron chi connectivity index (χ4n) is 1.16. The third-order valence-corrected chi connectivity index (χ3v) is 3.36. The van der Waals surface area contributed by atoms with Gasteiger partial charge in [0.2, 0.25) is 0 Å². The first-order chi connectivity index (χ1) is 6.20. The van der Waals surface area contributed by atoms with E-state index in [-0.39, 0.29) is 0 Å². The first-order valence-electron chi connectivity index (χ1n) is 3.58. The van der Waals surface area contributed by atoms with Gasteiger partial charge in [0.05, 0.1) is 10.5 Å². The van der Waals surface area contributed by atoms with Crippen LogP contribution in [-0.4, -0.2) is 4.98 Å². The Hall–Kier alpha value is -0.120. The summed E-state index contributed by atoms with van der Waals surface area (Å²) in [7, 11) is 0. The smallest absolute Gasteiger partial charge is 0.0870 e. The van der Waals surface area contributed by atoms with Crippen LogP contribution in [-0.2, 0) is 0 Å². The predicted molar refractivity (Wildman–Crippen MR) is 62.2 cm³/mol. The minimum absolute atomic E-state index is 0.707. The molecule has 0 fully saturated rings. The summed E-state index contributed by atoms with van der Waals surface area (Å²) in [6, 6.07) is 5.62. The third kappa shape index (κ3) is 1.60. The Morgan fingerprint density at radius 2 is 1.85 bits per heavy atom. The number of nitrogens with zero attached hydrogens (tertiary/aromatic N) is 1. The van der Waals surface area contributed by atoms with Crippen LogP contribution in [0.1, 0.15) is 0 Å². The molecule has 0 saturated heterocycles. The third-order valence-electron chi connectivity index (χ3n) is 1.74. The van der Waals surface area contributed by atoms with Gasteiger partial charge in [-0.15, -0.1) is 0 Å². The van der Waals surface area contributed by atoms with Crippen molar-refractivity contribution in [2.45, 2.75) is 0 Å². The topological polar surface area (TPSA) is 12.9 Å². The highest BCUT2D eigenvalue weighted by Crippen LogP contribution is 2.33. The zero-order valence-electron chi connectivity index (χ0n) is 6.39. The van der Waals surface area contributed by atoms with Crippen LogP contribution in [0.2, 0.25) is 5.02 Å². The van der Waals surface area contributed by atoms with Crippen molar-refractivity contribution in [3.8, 4) is 0 Å². The number of hydrogen-bond acceptors (Lipinski definition) is 1. The molecule has 4 heteroatoms. The van der Waals surface area contributed by atoms with Crippen LogP contribution in [0.4, 0.5) is 0 Å². The van der Waals surface area contributed by atoms with Crippen LogP contribution >= 0.6 is 43.5 Å². The maximum atomic E-state index is 6.04. The molecule has 0 bridgehead atoms. The van der Waals surface area contributed by atoms with Gasteiger partial charge in [0.1, 0.15) is 0 Å². The van der Waals surface area contributed by atoms with Crippen molar-refractivity contribution in [1.82, 2.24) is 4.98 Å². The second-order valence-electron chi connectivity index (χ2n) is 2.55. The Bertz CT molecular complexity index is 462. The second kappa shape index (κ2) is 3.56. The first kappa shape index (κ1) is 9.44. The van der Waals surface area contributed by atoms with E-state index in [2.05, 4.69) is 36.8 Å². The predicted octanol–water partition coefficient (Wildman–Crippen LogP) is 4.41. The molecule has 2 rings (SSSR count). The van der Waals surface area contributed by atoms with E-state index in [4.69, 9.17) is 11.6 Å². The van der Waals surface area contributed by atoms with Gasteiger partial charge in [-0.3, -0.25) is 4.98 Å². The van der Waals surface area contributed by atoms with E-state index in [1.54, 1.807) is 6.20 Å². The molecule has 0 aliphatic carbocycles. The number of halogens is 3. The Morgan fingerprint density at radius 1 is 1.08 bits per heavy atom. The monoisotopic (exact) mass is 319 g/mol. The fraction of sp³-hybridized carbons (Fsp3) is 0. The van der Waals surface area contributed by atoms with Gasteiger partial charge in [0.15, 0.2) is 0 Å². The van der Waals surface area contributed by atoms with Gasteiger partial charge < -0.3 is 0 Å². The summed E-state index contributed by atoms with van der Waals surface area (Å²) >= 11 is 12.9. The number of aromatic nitrogens is 1. The van der Waals surface area contributed by atoms with Crippen molar-refractivity contribution < 1.29 is 0 Å². The summed E-state index contributed by atoms with van der Waals surface area (Å²) in [6.45, 7) is 0. The van der Waals surface area contributed by atoms with Crippen LogP contribution < -0.4 is 0 Å². The van der Waals surface area contributed by atoms with Crippen molar-refractivity contribution in [1.29, 1.82) is 0 Å². The molecule has 0 amide bonds. The van der Waals surface area contributed by atoms with Crippen LogP contribution in [0, 0.1) is 0 Å². The van der Waals surface area contributed by atoms with Gasteiger partial charge in [-0.25, -0.2) is 0 Å². The molecule has 13 heavy (non-hydrogen) atoms. The van der Waals surface area contributed by atoms with Crippen molar-refractivity contribution in [2.24, 2.45) is 0 Å². The molecular formula is C9H4Br2ClN. The summed E-state index contributed by atoms with van der Waals surface area (Å²) in [4.78, 5) is 4.24. The zero-order valence-corrected chi connectivity index (χ0v) is 10.3. The van der Waals surface area contributed by atoms with E-state index in [1.165, 1.54) is 0 Å². The molecule has 66 valence electrons. The van der Waals surface area contributed by atoms with E-state index in [9.17, 15) is 0 Å². The van der Waals surface area contributed by atoms with E-state index in [0.29, 0.717) is 5.02 Å². The number of benzene rings is 1. The lowest BCUT2D eigenvalue weighted by atomic mass is 10.2. The summed E-state index contributed by atoms with van der Waals surface area (Å²) < 4.78 is 1.91. The van der Waals surface area contributed by atoms with Crippen molar-refractivity contribution in [3.05, 3.63) is 38.4 Å². The molecule has 2 aromatic rings. The highest BCUT2D eigenvalue weighted by Gasteiger charge is 2.06. The standard InChI is InChI=1S/C9H4Br2ClN/c10-5-3-4-13-9-6(11)1-2-7(12)8(5)9/h1-4H. The molecule has 0 N–H and O–H groups in total. The molecule has 1 nitrogen and oxygen atoms in total. The number of hydrogen-bond donors (Lipinski definition) is 0. The molecule has 0 aliphatic rings. The van der Waals surface area contributed by atoms with Crippen molar-refractivity contribution >= 4 is 54.4 Å². The first-order valence-corrected chi connectivity index (χ1v) is 5.55. The molecule has 0 saturated carbocycles. The normalized spacial score (nSPS) is 10.7. The lowest BCUT2D eigenvalue weighted by Crippen LogP contribution is -1.82. The highest BCUT2D eigenvalue weighted by atomic mass is 79.9. The summed E-state index contributed by atoms with van der Waals surface area (Å²) in [5.74, 6) is 0. The van der Waals surface area contributed by atoms with Gasteiger partial charge in [0, 0.05) is 20.5 Å². The van der Waals surface area contributed by atoms with E-state index in [1.807, 2.05) is 18.2 Å². The number of rotatable bonds is 0. The van der Waals surface area contributed by atoms with Crippen molar-refractivity contribution in [3.63, 3.8) is 0 Å². The quantitative estimate of drug-likeness (QED) is 0.700. The van der Waals surface area contributed by atoms with Gasteiger partial charge in [-0.1, -0.05) is 11.6 Å². The maximum absolute atomic E-state index is 6.04. The van der Waals surface area contributed by atoms with E-state index < -0.39 is 0 Å². The molecule has 0 spiro atoms. The lowest BCUT2D eigenvalue weighted by molar-refractivity contribution is 1.39. The van der Waals surface area contributed by atoms with Gasteiger partial charge in [-0.05, 0) is 50.1 Å². The Kier molecular flexibility index (Phi) is 2.58. The molecule has 0 radical (unpaired) electrons. The zero-order chi connectivity index (χ0) is 9.42. The highest BCUT2D eigenvalue weighted by molar-refractivity contribution is 9.11. The molecular weight excluding hydrogens is 317 g/mol. The average molecular weight is 321 g/mol. The Labute approximate surface area is 97.4 Å². The summed E-state index contributed by atoms with van der Waals surface area (Å²) in [5, 5.41) is 1.65. The molecule has 0 aliphatic heterocycles. The minimum Gasteiger partial charge on any atom is -0.255 e. The molecule has 1 aromatic carbocycles. The van der Waals surface area contributed by atoms with Gasteiger partial charge in [-0.2, -0.15) is 0 Å². The fourth-order valence-corrected chi connectivity index (χ4v) is 2.48. The van der Waals surface area contributed by atoms with Crippen molar-refractivity contribution in [2.75, 3.05) is 0 Å². The van der Waals surface area contributed by atoms with Crippen LogP contribution in [0.3, 0.4) is 0 Å². The number of fused-ring (bicyclic) bond motifs is 1. The largest absolute Gasteiger partial charge is 0.255 e. The average Bonchev–Trinajstić information content (AvgIpc) is 2.12. The second-order valence-corrected chi connectivity index (χ2v) is 4.66. The maximum Gasteiger partial charge on any atom is 0.0870 e. The number of pyridine rings is 1. The van der Waals surface area contributed by atoms with Crippen LogP contribution in [0.25, 0.3) is 10.9 Å². The molecule has 0 atom stereocenters. The lowest BCUT2D eigenvalue weighted by Gasteiger charge is -2.03. The molecule has 1 aromatic heterocycles. The Balaban J connectivity index is 3.00. The van der Waals surface area contributed by atoms with Gasteiger partial charge >= 0.3 is 0 Å². The molecule has 0 unspecified atom stereocenters.